The van der Waals surface area contributed by atoms with Crippen molar-refractivity contribution >= 4 is 23.1 Å². The maximum absolute atomic E-state index is 12.6. The summed E-state index contributed by atoms with van der Waals surface area (Å²) >= 11 is 0. The molecule has 21 heavy (non-hydrogen) atoms. The molecule has 0 aromatic carbocycles. The third-order valence-corrected chi connectivity index (χ3v) is 4.44. The van der Waals surface area contributed by atoms with Gasteiger partial charge < -0.3 is 0 Å². The van der Waals surface area contributed by atoms with Gasteiger partial charge in [-0.05, 0) is 19.3 Å². The van der Waals surface area contributed by atoms with Crippen LogP contribution >= 0.6 is 0 Å². The first-order valence-corrected chi connectivity index (χ1v) is 8.13. The van der Waals surface area contributed by atoms with Crippen LogP contribution in [0.3, 0.4) is 0 Å². The van der Waals surface area contributed by atoms with Crippen molar-refractivity contribution in [1.82, 2.24) is 0 Å². The molecule has 1 rings (SSSR count). The first kappa shape index (κ1) is 17.7. The average Bonchev–Trinajstić information content (AvgIpc) is 2.49. The van der Waals surface area contributed by atoms with Crippen LogP contribution in [-0.4, -0.2) is 23.1 Å². The van der Waals surface area contributed by atoms with Gasteiger partial charge in [0.25, 0.3) is 0 Å². The highest BCUT2D eigenvalue weighted by molar-refractivity contribution is 6.62. The van der Waals surface area contributed by atoms with Crippen LogP contribution in [0.15, 0.2) is 0 Å². The zero-order valence-corrected chi connectivity index (χ0v) is 13.4. The molecule has 0 saturated heterocycles. The van der Waals surface area contributed by atoms with Gasteiger partial charge in [0.2, 0.25) is 23.1 Å². The lowest BCUT2D eigenvalue weighted by Crippen LogP contribution is -2.56. The van der Waals surface area contributed by atoms with Crippen molar-refractivity contribution in [3.05, 3.63) is 0 Å². The maximum atomic E-state index is 12.6. The second kappa shape index (κ2) is 7.62. The largest absolute Gasteiger partial charge is 0.290 e. The molecule has 0 heterocycles. The quantitative estimate of drug-likeness (QED) is 0.509. The van der Waals surface area contributed by atoms with E-state index in [1.54, 1.807) is 0 Å². The fourth-order valence-electron chi connectivity index (χ4n) is 3.10. The van der Waals surface area contributed by atoms with Gasteiger partial charge in [0, 0.05) is 0 Å². The van der Waals surface area contributed by atoms with E-state index < -0.39 is 34.5 Å². The molecule has 0 aromatic rings. The second-order valence-corrected chi connectivity index (χ2v) is 6.02. The third kappa shape index (κ3) is 3.30. The highest BCUT2D eigenvalue weighted by Crippen LogP contribution is 2.39. The fourth-order valence-corrected chi connectivity index (χ4v) is 3.10. The lowest BCUT2D eigenvalue weighted by Gasteiger charge is -2.35. The molecule has 0 atom stereocenters. The van der Waals surface area contributed by atoms with E-state index in [1.807, 2.05) is 20.8 Å². The van der Waals surface area contributed by atoms with Gasteiger partial charge in [0.1, 0.15) is 5.41 Å². The van der Waals surface area contributed by atoms with Crippen LogP contribution < -0.4 is 0 Å². The minimum Gasteiger partial charge on any atom is -0.290 e. The number of ketones is 4. The monoisotopic (exact) mass is 294 g/mol. The van der Waals surface area contributed by atoms with Gasteiger partial charge in [-0.2, -0.15) is 0 Å². The van der Waals surface area contributed by atoms with E-state index in [2.05, 4.69) is 0 Å². The van der Waals surface area contributed by atoms with E-state index in [1.165, 1.54) is 0 Å². The number of hydrogen-bond donors (Lipinski definition) is 0. The fraction of sp³-hybridized carbons (Fsp3) is 0.765. The van der Waals surface area contributed by atoms with Crippen molar-refractivity contribution in [2.24, 2.45) is 11.3 Å². The molecule has 0 unspecified atom stereocenters. The summed E-state index contributed by atoms with van der Waals surface area (Å²) in [6, 6.07) is 0. The second-order valence-electron chi connectivity index (χ2n) is 6.02. The molecule has 1 saturated carbocycles. The van der Waals surface area contributed by atoms with Crippen LogP contribution in [-0.2, 0) is 19.2 Å². The average molecular weight is 294 g/mol. The van der Waals surface area contributed by atoms with Crippen LogP contribution in [0.1, 0.15) is 72.1 Å². The van der Waals surface area contributed by atoms with Gasteiger partial charge in [0.15, 0.2) is 0 Å². The molecule has 4 nitrogen and oxygen atoms in total. The Labute approximate surface area is 126 Å². The summed E-state index contributed by atoms with van der Waals surface area (Å²) in [5.41, 5.74) is -1.36. The predicted octanol–water partition coefficient (Wildman–Crippen LogP) is 3.06. The SMILES string of the molecule is CCCCC1(CCCC)C(=O)C(=O)C(CCC)C(=O)C1=O. The van der Waals surface area contributed by atoms with Crippen molar-refractivity contribution < 1.29 is 19.2 Å². The van der Waals surface area contributed by atoms with Crippen molar-refractivity contribution in [1.29, 1.82) is 0 Å². The zero-order valence-electron chi connectivity index (χ0n) is 13.4. The van der Waals surface area contributed by atoms with Gasteiger partial charge >= 0.3 is 0 Å². The van der Waals surface area contributed by atoms with Gasteiger partial charge in [-0.15, -0.1) is 0 Å². The number of carbonyl (C=O) groups excluding carboxylic acids is 4. The molecule has 0 spiro atoms. The van der Waals surface area contributed by atoms with Gasteiger partial charge in [0.05, 0.1) is 5.92 Å². The molecule has 0 bridgehead atoms. The lowest BCUT2D eigenvalue weighted by atomic mass is 9.62. The summed E-state index contributed by atoms with van der Waals surface area (Å²) < 4.78 is 0. The number of hydrogen-bond acceptors (Lipinski definition) is 4. The molecule has 0 aromatic heterocycles. The van der Waals surface area contributed by atoms with Gasteiger partial charge in [-0.3, -0.25) is 19.2 Å². The molecule has 1 aliphatic carbocycles. The Bertz CT molecular complexity index is 398. The third-order valence-electron chi connectivity index (χ3n) is 4.44. The molecule has 0 N–H and O–H groups in total. The Morgan fingerprint density at radius 2 is 1.19 bits per heavy atom. The zero-order chi connectivity index (χ0) is 16.0. The van der Waals surface area contributed by atoms with Crippen LogP contribution in [0.5, 0.6) is 0 Å². The highest BCUT2D eigenvalue weighted by atomic mass is 16.2. The van der Waals surface area contributed by atoms with Gasteiger partial charge in [-0.25, -0.2) is 0 Å². The highest BCUT2D eigenvalue weighted by Gasteiger charge is 2.57. The van der Waals surface area contributed by atoms with Crippen molar-refractivity contribution in [2.45, 2.75) is 72.1 Å². The standard InChI is InChI=1S/C17H26O4/c1-4-7-10-17(11-8-5-2)15(20)13(18)12(9-6-3)14(19)16(17)21/h12H,4-11H2,1-3H3. The van der Waals surface area contributed by atoms with Crippen LogP contribution in [0.4, 0.5) is 0 Å². The summed E-state index contributed by atoms with van der Waals surface area (Å²) in [6.45, 7) is 5.77. The number of carbonyl (C=O) groups is 4. The molecule has 1 aliphatic rings. The molecular weight excluding hydrogens is 268 g/mol. The Balaban J connectivity index is 3.17. The maximum Gasteiger partial charge on any atom is 0.213 e. The summed E-state index contributed by atoms with van der Waals surface area (Å²) in [4.78, 5) is 49.7. The minimum atomic E-state index is -1.36. The minimum absolute atomic E-state index is 0.298. The Kier molecular flexibility index (Phi) is 6.43. The van der Waals surface area contributed by atoms with Crippen LogP contribution in [0, 0.1) is 11.3 Å². The van der Waals surface area contributed by atoms with E-state index in [0.717, 1.165) is 12.8 Å². The van der Waals surface area contributed by atoms with Gasteiger partial charge in [-0.1, -0.05) is 52.9 Å². The molecular formula is C17H26O4. The van der Waals surface area contributed by atoms with Crippen molar-refractivity contribution in [2.75, 3.05) is 0 Å². The van der Waals surface area contributed by atoms with E-state index in [9.17, 15) is 19.2 Å². The van der Waals surface area contributed by atoms with Crippen LogP contribution in [0.25, 0.3) is 0 Å². The molecule has 0 radical (unpaired) electrons. The van der Waals surface area contributed by atoms with E-state index >= 15 is 0 Å². The predicted molar refractivity (Wildman–Crippen MR) is 79.9 cm³/mol. The summed E-state index contributed by atoms with van der Waals surface area (Å²) in [5, 5.41) is 0. The number of unbranched alkanes of at least 4 members (excludes halogenated alkanes) is 2. The summed E-state index contributed by atoms with van der Waals surface area (Å²) in [5.74, 6) is -3.49. The molecule has 4 heteroatoms. The lowest BCUT2D eigenvalue weighted by molar-refractivity contribution is -0.162. The smallest absolute Gasteiger partial charge is 0.213 e. The van der Waals surface area contributed by atoms with Crippen molar-refractivity contribution in [3.8, 4) is 0 Å². The molecule has 0 amide bonds. The summed E-state index contributed by atoms with van der Waals surface area (Å²) in [7, 11) is 0. The Hall–Kier alpha value is -1.32. The van der Waals surface area contributed by atoms with E-state index in [-0.39, 0.29) is 0 Å². The summed E-state index contributed by atoms with van der Waals surface area (Å²) in [6.07, 6.45) is 4.59. The van der Waals surface area contributed by atoms with E-state index in [4.69, 9.17) is 0 Å². The first-order valence-electron chi connectivity index (χ1n) is 8.13. The molecule has 118 valence electrons. The topological polar surface area (TPSA) is 68.3 Å². The Morgan fingerprint density at radius 3 is 1.52 bits per heavy atom. The van der Waals surface area contributed by atoms with E-state index in [0.29, 0.717) is 38.5 Å². The van der Waals surface area contributed by atoms with Crippen molar-refractivity contribution in [3.63, 3.8) is 0 Å². The van der Waals surface area contributed by atoms with Crippen LogP contribution in [0.2, 0.25) is 0 Å². The Morgan fingerprint density at radius 1 is 0.762 bits per heavy atom. The molecule has 1 fully saturated rings. The number of rotatable bonds is 8. The first-order chi connectivity index (χ1) is 9.96. The molecule has 0 aliphatic heterocycles. The normalized spacial score (nSPS) is 19.4. The number of Topliss-reactive ketones (excluding diaryl/α,β-unsaturated/α-hetero) is 4.